The summed E-state index contributed by atoms with van der Waals surface area (Å²) in [6, 6.07) is 6.07. The summed E-state index contributed by atoms with van der Waals surface area (Å²) in [6.07, 6.45) is 3.47. The van der Waals surface area contributed by atoms with Gasteiger partial charge in [0.2, 0.25) is 0 Å². The van der Waals surface area contributed by atoms with E-state index in [1.807, 2.05) is 12.1 Å². The quantitative estimate of drug-likeness (QED) is 0.753. The highest BCUT2D eigenvalue weighted by atomic mass is 79.9. The van der Waals surface area contributed by atoms with Gasteiger partial charge in [-0.2, -0.15) is 5.26 Å². The Morgan fingerprint density at radius 1 is 1.50 bits per heavy atom. The number of aldehydes is 1. The summed E-state index contributed by atoms with van der Waals surface area (Å²) < 4.78 is 6.16. The number of pyridine rings is 1. The van der Waals surface area contributed by atoms with Crippen LogP contribution in [0.25, 0.3) is 10.9 Å². The summed E-state index contributed by atoms with van der Waals surface area (Å²) in [5.74, 6) is 1.05. The predicted octanol–water partition coefficient (Wildman–Crippen LogP) is 3.54. The molecule has 0 saturated carbocycles. The van der Waals surface area contributed by atoms with E-state index in [1.165, 1.54) is 0 Å². The third-order valence-electron chi connectivity index (χ3n) is 4.70. The van der Waals surface area contributed by atoms with Crippen molar-refractivity contribution >= 4 is 38.8 Å². The smallest absolute Gasteiger partial charge is 0.135 e. The van der Waals surface area contributed by atoms with Gasteiger partial charge in [0.05, 0.1) is 28.4 Å². The minimum Gasteiger partial charge on any atom is -0.495 e. The molecular weight excluding hydrogens is 370 g/mol. The van der Waals surface area contributed by atoms with Gasteiger partial charge in [0.15, 0.2) is 0 Å². The van der Waals surface area contributed by atoms with E-state index in [9.17, 15) is 10.1 Å². The monoisotopic (exact) mass is 387 g/mol. The van der Waals surface area contributed by atoms with Crippen LogP contribution in [0.3, 0.4) is 0 Å². The molecule has 0 bridgehead atoms. The summed E-state index contributed by atoms with van der Waals surface area (Å²) in [6.45, 7) is 3.59. The second-order valence-electron chi connectivity index (χ2n) is 6.15. The average Bonchev–Trinajstić information content (AvgIpc) is 2.60. The number of rotatable bonds is 3. The van der Waals surface area contributed by atoms with E-state index in [1.54, 1.807) is 13.3 Å². The molecule has 0 amide bonds. The lowest BCUT2D eigenvalue weighted by Gasteiger charge is -2.37. The molecule has 0 N–H and O–H groups in total. The molecular formula is C18H18BrN3O2. The molecule has 24 heavy (non-hydrogen) atoms. The van der Waals surface area contributed by atoms with Gasteiger partial charge < -0.3 is 14.4 Å². The van der Waals surface area contributed by atoms with Crippen LogP contribution in [-0.4, -0.2) is 31.5 Å². The zero-order valence-corrected chi connectivity index (χ0v) is 15.2. The fourth-order valence-corrected chi connectivity index (χ4v) is 3.83. The number of benzene rings is 1. The van der Waals surface area contributed by atoms with E-state index in [0.717, 1.165) is 46.9 Å². The van der Waals surface area contributed by atoms with Crippen LogP contribution in [-0.2, 0) is 4.79 Å². The lowest BCUT2D eigenvalue weighted by Crippen LogP contribution is -2.40. The van der Waals surface area contributed by atoms with Gasteiger partial charge in [-0.15, -0.1) is 0 Å². The Morgan fingerprint density at radius 3 is 2.92 bits per heavy atom. The lowest BCUT2D eigenvalue weighted by molar-refractivity contribution is -0.112. The van der Waals surface area contributed by atoms with Crippen molar-refractivity contribution in [2.24, 2.45) is 11.8 Å². The van der Waals surface area contributed by atoms with Crippen molar-refractivity contribution < 1.29 is 9.53 Å². The molecule has 0 spiro atoms. The zero-order valence-electron chi connectivity index (χ0n) is 13.6. The molecule has 1 aliphatic rings. The van der Waals surface area contributed by atoms with Crippen molar-refractivity contribution in [1.29, 1.82) is 5.26 Å². The first-order chi connectivity index (χ1) is 11.6. The van der Waals surface area contributed by atoms with E-state index in [-0.39, 0.29) is 11.8 Å². The predicted molar refractivity (Wildman–Crippen MR) is 96.3 cm³/mol. The van der Waals surface area contributed by atoms with E-state index in [2.05, 4.69) is 38.8 Å². The third-order valence-corrected chi connectivity index (χ3v) is 5.32. The van der Waals surface area contributed by atoms with Crippen molar-refractivity contribution in [2.75, 3.05) is 25.1 Å². The second-order valence-corrected chi connectivity index (χ2v) is 7.00. The van der Waals surface area contributed by atoms with Crippen LogP contribution in [0.1, 0.15) is 18.9 Å². The maximum Gasteiger partial charge on any atom is 0.135 e. The molecule has 5 nitrogen and oxygen atoms in total. The number of halogens is 1. The number of aromatic nitrogens is 1. The number of methoxy groups -OCH3 is 1. The summed E-state index contributed by atoms with van der Waals surface area (Å²) in [5.41, 5.74) is 2.23. The molecule has 1 unspecified atom stereocenters. The van der Waals surface area contributed by atoms with Crippen LogP contribution in [0, 0.1) is 23.2 Å². The molecule has 0 radical (unpaired) electrons. The number of fused-ring (bicyclic) bond motifs is 1. The van der Waals surface area contributed by atoms with Crippen LogP contribution in [0.4, 0.5) is 5.69 Å². The standard InChI is InChI=1S/C18H18BrN3O2/c1-11-9-22(4-3-12(11)10-23)18-13(7-20)8-21-16-6-17(24-2)15(19)5-14(16)18/h5-6,8,10-12H,3-4,9H2,1-2H3/t11-,12?/m1/s1. The van der Waals surface area contributed by atoms with Crippen molar-refractivity contribution in [3.05, 3.63) is 28.4 Å². The lowest BCUT2D eigenvalue weighted by atomic mass is 9.87. The van der Waals surface area contributed by atoms with E-state index < -0.39 is 0 Å². The number of piperidine rings is 1. The molecule has 0 aliphatic carbocycles. The van der Waals surface area contributed by atoms with Crippen LogP contribution < -0.4 is 9.64 Å². The molecule has 2 aromatic rings. The Hall–Kier alpha value is -2.13. The molecule has 1 aromatic carbocycles. The number of anilines is 1. The van der Waals surface area contributed by atoms with Gasteiger partial charge >= 0.3 is 0 Å². The van der Waals surface area contributed by atoms with E-state index in [0.29, 0.717) is 11.3 Å². The van der Waals surface area contributed by atoms with Crippen molar-refractivity contribution in [2.45, 2.75) is 13.3 Å². The highest BCUT2D eigenvalue weighted by Crippen LogP contribution is 2.38. The van der Waals surface area contributed by atoms with Gasteiger partial charge in [0.1, 0.15) is 18.1 Å². The third kappa shape index (κ3) is 2.84. The van der Waals surface area contributed by atoms with Gasteiger partial charge in [0, 0.05) is 36.7 Å². The first-order valence-electron chi connectivity index (χ1n) is 7.85. The first-order valence-corrected chi connectivity index (χ1v) is 8.65. The minimum atomic E-state index is 0.0896. The molecule has 1 fully saturated rings. The van der Waals surface area contributed by atoms with Gasteiger partial charge in [0.25, 0.3) is 0 Å². The fraction of sp³-hybridized carbons (Fsp3) is 0.389. The van der Waals surface area contributed by atoms with Gasteiger partial charge in [-0.1, -0.05) is 6.92 Å². The summed E-state index contributed by atoms with van der Waals surface area (Å²) >= 11 is 3.51. The Balaban J connectivity index is 2.13. The molecule has 6 heteroatoms. The van der Waals surface area contributed by atoms with Crippen molar-refractivity contribution in [3.8, 4) is 11.8 Å². The highest BCUT2D eigenvalue weighted by molar-refractivity contribution is 9.10. The number of carbonyl (C=O) groups excluding carboxylic acids is 1. The van der Waals surface area contributed by atoms with E-state index >= 15 is 0 Å². The summed E-state index contributed by atoms with van der Waals surface area (Å²) in [4.78, 5) is 17.8. The number of nitriles is 1. The molecule has 2 heterocycles. The summed E-state index contributed by atoms with van der Waals surface area (Å²) in [5, 5.41) is 10.4. The minimum absolute atomic E-state index is 0.0896. The maximum atomic E-state index is 11.2. The number of nitrogens with zero attached hydrogens (tertiary/aromatic N) is 3. The van der Waals surface area contributed by atoms with Crippen molar-refractivity contribution in [3.63, 3.8) is 0 Å². The Morgan fingerprint density at radius 2 is 2.29 bits per heavy atom. The Labute approximate surface area is 149 Å². The molecule has 124 valence electrons. The molecule has 1 saturated heterocycles. The number of ether oxygens (including phenoxy) is 1. The normalized spacial score (nSPS) is 20.7. The molecule has 1 aliphatic heterocycles. The fourth-order valence-electron chi connectivity index (χ4n) is 3.33. The number of hydrogen-bond donors (Lipinski definition) is 0. The van der Waals surface area contributed by atoms with Crippen LogP contribution in [0.5, 0.6) is 5.75 Å². The number of hydrogen-bond acceptors (Lipinski definition) is 5. The van der Waals surface area contributed by atoms with Gasteiger partial charge in [-0.05, 0) is 34.3 Å². The van der Waals surface area contributed by atoms with Crippen LogP contribution in [0.2, 0.25) is 0 Å². The number of carbonyl (C=O) groups is 1. The van der Waals surface area contributed by atoms with Gasteiger partial charge in [-0.3, -0.25) is 4.98 Å². The van der Waals surface area contributed by atoms with Crippen LogP contribution in [0.15, 0.2) is 22.8 Å². The van der Waals surface area contributed by atoms with Crippen LogP contribution >= 0.6 is 15.9 Å². The SMILES string of the molecule is COc1cc2ncc(C#N)c(N3CCC(C=O)[C@H](C)C3)c2cc1Br. The zero-order chi connectivity index (χ0) is 17.3. The Kier molecular flexibility index (Phi) is 4.72. The van der Waals surface area contributed by atoms with Crippen molar-refractivity contribution in [1.82, 2.24) is 4.98 Å². The second kappa shape index (κ2) is 6.78. The Bertz CT molecular complexity index is 831. The van der Waals surface area contributed by atoms with Gasteiger partial charge in [-0.25, -0.2) is 0 Å². The first kappa shape index (κ1) is 16.7. The van der Waals surface area contributed by atoms with E-state index in [4.69, 9.17) is 4.74 Å². The molecule has 3 rings (SSSR count). The average molecular weight is 388 g/mol. The maximum absolute atomic E-state index is 11.2. The topological polar surface area (TPSA) is 66.2 Å². The highest BCUT2D eigenvalue weighted by Gasteiger charge is 2.28. The summed E-state index contributed by atoms with van der Waals surface area (Å²) in [7, 11) is 1.61. The molecule has 2 atom stereocenters. The molecule has 1 aromatic heterocycles. The largest absolute Gasteiger partial charge is 0.495 e.